The molecule has 42 heavy (non-hydrogen) atoms. The summed E-state index contributed by atoms with van der Waals surface area (Å²) < 4.78 is 5.21. The smallest absolute Gasteiger partial charge is 0.322 e. The van der Waals surface area contributed by atoms with Crippen molar-refractivity contribution >= 4 is 46.5 Å². The second-order valence-corrected chi connectivity index (χ2v) is 11.7. The van der Waals surface area contributed by atoms with Crippen LogP contribution in [0, 0.1) is 0 Å². The summed E-state index contributed by atoms with van der Waals surface area (Å²) in [5.41, 5.74) is 4.18. The number of urea groups is 1. The van der Waals surface area contributed by atoms with Crippen LogP contribution in [0.4, 0.5) is 16.2 Å². The van der Waals surface area contributed by atoms with Crippen molar-refractivity contribution in [3.8, 4) is 5.75 Å². The fourth-order valence-corrected chi connectivity index (χ4v) is 6.13. The van der Waals surface area contributed by atoms with Crippen molar-refractivity contribution in [1.29, 1.82) is 0 Å². The number of nitrogens with one attached hydrogen (secondary N) is 1. The molecule has 0 aliphatic carbocycles. The van der Waals surface area contributed by atoms with Crippen LogP contribution >= 0.6 is 23.2 Å². The van der Waals surface area contributed by atoms with E-state index < -0.39 is 0 Å². The minimum Gasteiger partial charge on any atom is -0.497 e. The maximum absolute atomic E-state index is 13.0. The summed E-state index contributed by atoms with van der Waals surface area (Å²) in [6.07, 6.45) is 2.44. The Morgan fingerprint density at radius 3 is 2.07 bits per heavy atom. The van der Waals surface area contributed by atoms with Crippen molar-refractivity contribution in [2.75, 3.05) is 63.6 Å². The summed E-state index contributed by atoms with van der Waals surface area (Å²) in [5.74, 6) is 0.747. The first-order valence-corrected chi connectivity index (χ1v) is 15.1. The summed E-state index contributed by atoms with van der Waals surface area (Å²) in [6.45, 7) is 5.95. The average molecular weight is 611 g/mol. The van der Waals surface area contributed by atoms with Gasteiger partial charge in [-0.2, -0.15) is 0 Å². The van der Waals surface area contributed by atoms with Gasteiger partial charge in [-0.15, -0.1) is 0 Å². The first-order chi connectivity index (χ1) is 20.3. The van der Waals surface area contributed by atoms with Crippen LogP contribution in [0.3, 0.4) is 0 Å². The normalized spacial score (nSPS) is 15.5. The summed E-state index contributed by atoms with van der Waals surface area (Å²) >= 11 is 13.1. The number of anilines is 2. The van der Waals surface area contributed by atoms with Crippen LogP contribution in [0.25, 0.3) is 0 Å². The molecule has 0 bridgehead atoms. The van der Waals surface area contributed by atoms with E-state index in [1.165, 1.54) is 12.8 Å². The van der Waals surface area contributed by atoms with Crippen molar-refractivity contribution < 1.29 is 14.3 Å². The molecule has 10 heteroatoms. The highest BCUT2D eigenvalue weighted by Gasteiger charge is 2.24. The van der Waals surface area contributed by atoms with E-state index >= 15 is 0 Å². The fraction of sp³-hybridized carbons (Fsp3) is 0.375. The number of hydrogen-bond acceptors (Lipinski definition) is 5. The number of hydrogen-bond donors (Lipinski definition) is 1. The Morgan fingerprint density at radius 1 is 0.857 bits per heavy atom. The molecule has 2 heterocycles. The van der Waals surface area contributed by atoms with Crippen LogP contribution in [0.15, 0.2) is 60.7 Å². The molecule has 0 radical (unpaired) electrons. The minimum atomic E-state index is -0.216. The number of halogens is 2. The van der Waals surface area contributed by atoms with Gasteiger partial charge in [-0.05, 0) is 85.6 Å². The van der Waals surface area contributed by atoms with Gasteiger partial charge in [0.15, 0.2) is 0 Å². The largest absolute Gasteiger partial charge is 0.497 e. The highest BCUT2D eigenvalue weighted by molar-refractivity contribution is 6.39. The number of methoxy groups -OCH3 is 1. The molecule has 2 aliphatic rings. The topological polar surface area (TPSA) is 68.4 Å². The Labute approximate surface area is 257 Å². The van der Waals surface area contributed by atoms with Gasteiger partial charge in [-0.1, -0.05) is 35.3 Å². The zero-order chi connectivity index (χ0) is 29.6. The van der Waals surface area contributed by atoms with Crippen molar-refractivity contribution in [3.63, 3.8) is 0 Å². The maximum Gasteiger partial charge on any atom is 0.322 e. The van der Waals surface area contributed by atoms with Gasteiger partial charge in [0, 0.05) is 57.6 Å². The van der Waals surface area contributed by atoms with Crippen LogP contribution in [0.5, 0.6) is 5.75 Å². The van der Waals surface area contributed by atoms with Crippen molar-refractivity contribution in [2.24, 2.45) is 0 Å². The van der Waals surface area contributed by atoms with Gasteiger partial charge in [0.05, 0.1) is 22.8 Å². The van der Waals surface area contributed by atoms with Gasteiger partial charge in [-0.25, -0.2) is 4.79 Å². The summed E-state index contributed by atoms with van der Waals surface area (Å²) in [5, 5.41) is 3.82. The summed E-state index contributed by atoms with van der Waals surface area (Å²) in [7, 11) is 3.43. The third-order valence-corrected chi connectivity index (χ3v) is 8.51. The summed E-state index contributed by atoms with van der Waals surface area (Å²) in [6, 6.07) is 18.9. The molecule has 0 unspecified atom stereocenters. The average Bonchev–Trinajstić information content (AvgIpc) is 3.52. The molecule has 2 fully saturated rings. The molecule has 5 rings (SSSR count). The van der Waals surface area contributed by atoms with E-state index in [-0.39, 0.29) is 11.9 Å². The van der Waals surface area contributed by atoms with Crippen molar-refractivity contribution in [3.05, 3.63) is 87.4 Å². The SMILES string of the molecule is COc1ccc(CN(C)C(=O)c2ccc(N3CCN(C(=O)Nc4c(Cl)cc(CN5CCCC5)cc4Cl)CC3)cc2)cc1. The molecular weight excluding hydrogens is 573 g/mol. The number of carbonyl (C=O) groups excluding carboxylic acids is 2. The lowest BCUT2D eigenvalue weighted by Gasteiger charge is -2.36. The molecular formula is C32H37Cl2N5O3. The summed E-state index contributed by atoms with van der Waals surface area (Å²) in [4.78, 5) is 34.1. The molecule has 1 N–H and O–H groups in total. The number of rotatable bonds is 8. The molecule has 8 nitrogen and oxygen atoms in total. The highest BCUT2D eigenvalue weighted by atomic mass is 35.5. The van der Waals surface area contributed by atoms with Crippen LogP contribution in [-0.2, 0) is 13.1 Å². The number of likely N-dealkylation sites (tertiary alicyclic amines) is 1. The fourth-order valence-electron chi connectivity index (χ4n) is 5.50. The second-order valence-electron chi connectivity index (χ2n) is 10.9. The van der Waals surface area contributed by atoms with Gasteiger partial charge < -0.3 is 24.8 Å². The number of carbonyl (C=O) groups is 2. The van der Waals surface area contributed by atoms with Gasteiger partial charge in [0.25, 0.3) is 5.91 Å². The minimum absolute atomic E-state index is 0.0414. The molecule has 0 aromatic heterocycles. The predicted octanol–water partition coefficient (Wildman–Crippen LogP) is 6.22. The number of benzene rings is 3. The van der Waals surface area contributed by atoms with Crippen molar-refractivity contribution in [2.45, 2.75) is 25.9 Å². The third kappa shape index (κ3) is 7.30. The molecule has 2 saturated heterocycles. The quantitative estimate of drug-likeness (QED) is 0.328. The van der Waals surface area contributed by atoms with Gasteiger partial charge >= 0.3 is 6.03 Å². The van der Waals surface area contributed by atoms with Gasteiger partial charge in [-0.3, -0.25) is 9.69 Å². The monoisotopic (exact) mass is 609 g/mol. The third-order valence-electron chi connectivity index (χ3n) is 7.91. The zero-order valence-corrected chi connectivity index (χ0v) is 25.6. The van der Waals surface area contributed by atoms with Crippen LogP contribution in [0.2, 0.25) is 10.0 Å². The number of nitrogens with zero attached hydrogens (tertiary/aromatic N) is 4. The molecule has 3 aromatic carbocycles. The second kappa shape index (κ2) is 13.7. The van der Waals surface area contributed by atoms with E-state index in [1.807, 2.05) is 60.7 Å². The molecule has 3 amide bonds. The van der Waals surface area contributed by atoms with Crippen LogP contribution in [-0.4, -0.2) is 80.1 Å². The number of piperazine rings is 1. The molecule has 0 spiro atoms. The van der Waals surface area contributed by atoms with E-state index in [4.69, 9.17) is 27.9 Å². The molecule has 3 aromatic rings. The predicted molar refractivity (Wildman–Crippen MR) is 169 cm³/mol. The Balaban J connectivity index is 1.12. The standard InChI is InChI=1S/C32H37Cl2N5O3/c1-36(21-23-5-11-27(42-2)12-6-23)31(40)25-7-9-26(10-8-25)38-15-17-39(18-16-38)32(41)35-30-28(33)19-24(20-29(30)34)22-37-13-3-4-14-37/h5-12,19-20H,3-4,13-18,21-22H2,1-2H3,(H,35,41). The molecule has 222 valence electrons. The van der Waals surface area contributed by atoms with Crippen LogP contribution < -0.4 is 15.0 Å². The number of amides is 3. The lowest BCUT2D eigenvalue weighted by molar-refractivity contribution is 0.0785. The van der Waals surface area contributed by atoms with Crippen LogP contribution in [0.1, 0.15) is 34.3 Å². The lowest BCUT2D eigenvalue weighted by Crippen LogP contribution is -2.50. The first-order valence-electron chi connectivity index (χ1n) is 14.3. The lowest BCUT2D eigenvalue weighted by atomic mass is 10.1. The molecule has 0 atom stereocenters. The van der Waals surface area contributed by atoms with Gasteiger partial charge in [0.2, 0.25) is 0 Å². The Morgan fingerprint density at radius 2 is 1.48 bits per heavy atom. The van der Waals surface area contributed by atoms with Gasteiger partial charge in [0.1, 0.15) is 5.75 Å². The zero-order valence-electron chi connectivity index (χ0n) is 24.1. The Bertz CT molecular complexity index is 1360. The Hall–Kier alpha value is -3.46. The maximum atomic E-state index is 13.0. The van der Waals surface area contributed by atoms with E-state index in [9.17, 15) is 9.59 Å². The van der Waals surface area contributed by atoms with E-state index in [0.717, 1.165) is 42.2 Å². The van der Waals surface area contributed by atoms with E-state index in [0.29, 0.717) is 54.0 Å². The molecule has 2 aliphatic heterocycles. The van der Waals surface area contributed by atoms with E-state index in [1.54, 1.807) is 24.0 Å². The first kappa shape index (κ1) is 30.0. The van der Waals surface area contributed by atoms with E-state index in [2.05, 4.69) is 15.1 Å². The highest BCUT2D eigenvalue weighted by Crippen LogP contribution is 2.33. The van der Waals surface area contributed by atoms with Crippen molar-refractivity contribution in [1.82, 2.24) is 14.7 Å². The Kier molecular flexibility index (Phi) is 9.77. The number of ether oxygens (including phenoxy) is 1. The molecule has 0 saturated carbocycles.